The highest BCUT2D eigenvalue weighted by atomic mass is 35.5. The number of hydrogen-bond acceptors (Lipinski definition) is 5. The van der Waals surface area contributed by atoms with Crippen molar-refractivity contribution in [1.82, 2.24) is 15.3 Å². The lowest BCUT2D eigenvalue weighted by Gasteiger charge is -2.32. The lowest BCUT2D eigenvalue weighted by molar-refractivity contribution is -0.132. The van der Waals surface area contributed by atoms with Crippen LogP contribution in [0.2, 0.25) is 5.02 Å². The van der Waals surface area contributed by atoms with Crippen molar-refractivity contribution < 1.29 is 23.5 Å². The Morgan fingerprint density at radius 2 is 1.92 bits per heavy atom. The minimum absolute atomic E-state index is 0.111. The maximum absolute atomic E-state index is 13.7. The summed E-state index contributed by atoms with van der Waals surface area (Å²) >= 11 is 5.88. The number of para-hydroxylation sites is 1. The van der Waals surface area contributed by atoms with Gasteiger partial charge < -0.3 is 15.3 Å². The Morgan fingerprint density at radius 1 is 1.18 bits per heavy atom. The van der Waals surface area contributed by atoms with Gasteiger partial charge in [0.15, 0.2) is 0 Å². The van der Waals surface area contributed by atoms with Crippen LogP contribution in [0, 0.1) is 12.8 Å². The molecule has 10 heteroatoms. The third-order valence-electron chi connectivity index (χ3n) is 7.36. The standard InChI is InChI=1S/C28H27ClF2N4O3/c1-16-5-4-8-23(33-16)28(38)21-6-2-3-7-22(21)35(27(28)37)15-17-9-11-19(12-10-17)34-26(36)20-13-18(29)14-32-24(20)25(30)31/h2-8,13-14,17,19,25,38H,9-12,15H2,1H3,(H,34,36)/t17-,19-,28?. The zero-order valence-electron chi connectivity index (χ0n) is 20.7. The summed E-state index contributed by atoms with van der Waals surface area (Å²) < 4.78 is 26.6. The van der Waals surface area contributed by atoms with E-state index in [0.29, 0.717) is 54.9 Å². The molecule has 2 N–H and O–H groups in total. The van der Waals surface area contributed by atoms with Crippen molar-refractivity contribution in [2.24, 2.45) is 5.92 Å². The number of anilines is 1. The molecule has 1 fully saturated rings. The van der Waals surface area contributed by atoms with Gasteiger partial charge in [0, 0.05) is 30.0 Å². The van der Waals surface area contributed by atoms with Crippen LogP contribution in [0.25, 0.3) is 0 Å². The maximum Gasteiger partial charge on any atom is 0.281 e. The van der Waals surface area contributed by atoms with E-state index < -0.39 is 29.5 Å². The van der Waals surface area contributed by atoms with Crippen LogP contribution in [0.1, 0.15) is 65.1 Å². The summed E-state index contributed by atoms with van der Waals surface area (Å²) in [5, 5.41) is 14.6. The molecule has 7 nitrogen and oxygen atoms in total. The molecule has 1 aliphatic heterocycles. The highest BCUT2D eigenvalue weighted by Crippen LogP contribution is 2.44. The van der Waals surface area contributed by atoms with Gasteiger partial charge in [0.1, 0.15) is 5.69 Å². The van der Waals surface area contributed by atoms with Crippen LogP contribution < -0.4 is 10.2 Å². The number of fused-ring (bicyclic) bond motifs is 1. The first-order valence-electron chi connectivity index (χ1n) is 12.5. The number of aliphatic hydroxyl groups is 1. The first-order chi connectivity index (χ1) is 18.2. The first kappa shape index (κ1) is 26.2. The van der Waals surface area contributed by atoms with Crippen molar-refractivity contribution in [3.05, 3.63) is 88.0 Å². The molecule has 1 aromatic carbocycles. The van der Waals surface area contributed by atoms with Crippen molar-refractivity contribution in [3.8, 4) is 0 Å². The second-order valence-electron chi connectivity index (χ2n) is 9.89. The van der Waals surface area contributed by atoms with Crippen LogP contribution in [0.4, 0.5) is 14.5 Å². The quantitative estimate of drug-likeness (QED) is 0.461. The normalized spacial score (nSPS) is 23.0. The summed E-state index contributed by atoms with van der Waals surface area (Å²) in [6.45, 7) is 2.22. The number of aryl methyl sites for hydroxylation is 1. The van der Waals surface area contributed by atoms with Crippen molar-refractivity contribution in [1.29, 1.82) is 0 Å². The molecule has 0 spiro atoms. The summed E-state index contributed by atoms with van der Waals surface area (Å²) in [5.74, 6) is -0.921. The Labute approximate surface area is 223 Å². The molecule has 0 radical (unpaired) electrons. The van der Waals surface area contributed by atoms with Gasteiger partial charge >= 0.3 is 0 Å². The average molecular weight is 541 g/mol. The van der Waals surface area contributed by atoms with Crippen molar-refractivity contribution >= 4 is 29.1 Å². The van der Waals surface area contributed by atoms with Crippen molar-refractivity contribution in [2.75, 3.05) is 11.4 Å². The van der Waals surface area contributed by atoms with Crippen molar-refractivity contribution in [2.45, 2.75) is 50.7 Å². The van der Waals surface area contributed by atoms with Gasteiger partial charge in [-0.3, -0.25) is 19.6 Å². The molecule has 38 heavy (non-hydrogen) atoms. The van der Waals surface area contributed by atoms with Crippen LogP contribution in [0.5, 0.6) is 0 Å². The van der Waals surface area contributed by atoms with E-state index in [1.807, 2.05) is 25.1 Å². The number of pyridine rings is 2. The van der Waals surface area contributed by atoms with E-state index in [-0.39, 0.29) is 22.5 Å². The third kappa shape index (κ3) is 4.76. The minimum atomic E-state index is -2.89. The van der Waals surface area contributed by atoms with E-state index >= 15 is 0 Å². The van der Waals surface area contributed by atoms with Gasteiger partial charge in [0.25, 0.3) is 18.2 Å². The summed E-state index contributed by atoms with van der Waals surface area (Å²) in [6, 6.07) is 13.5. The number of hydrogen-bond donors (Lipinski definition) is 2. The van der Waals surface area contributed by atoms with Crippen LogP contribution >= 0.6 is 11.6 Å². The molecule has 2 aliphatic rings. The molecule has 1 atom stereocenters. The van der Waals surface area contributed by atoms with Gasteiger partial charge in [-0.2, -0.15) is 0 Å². The molecule has 0 saturated heterocycles. The molecule has 198 valence electrons. The zero-order valence-corrected chi connectivity index (χ0v) is 21.5. The molecule has 2 aromatic heterocycles. The highest BCUT2D eigenvalue weighted by molar-refractivity contribution is 6.30. The van der Waals surface area contributed by atoms with E-state index in [2.05, 4.69) is 15.3 Å². The number of benzene rings is 1. The molecule has 5 rings (SSSR count). The number of carbonyl (C=O) groups excluding carboxylic acids is 2. The Balaban J connectivity index is 1.27. The van der Waals surface area contributed by atoms with E-state index in [9.17, 15) is 23.5 Å². The molecular formula is C28H27ClF2N4O3. The molecule has 1 aliphatic carbocycles. The fourth-order valence-electron chi connectivity index (χ4n) is 5.42. The van der Waals surface area contributed by atoms with Crippen LogP contribution in [-0.2, 0) is 10.4 Å². The molecular weight excluding hydrogens is 514 g/mol. The van der Waals surface area contributed by atoms with Crippen LogP contribution in [0.3, 0.4) is 0 Å². The highest BCUT2D eigenvalue weighted by Gasteiger charge is 2.52. The fraction of sp³-hybridized carbons (Fsp3) is 0.357. The Bertz CT molecular complexity index is 1380. The molecule has 3 heterocycles. The smallest absolute Gasteiger partial charge is 0.281 e. The number of nitrogens with zero attached hydrogens (tertiary/aromatic N) is 3. The van der Waals surface area contributed by atoms with Gasteiger partial charge in [0.2, 0.25) is 5.60 Å². The monoisotopic (exact) mass is 540 g/mol. The summed E-state index contributed by atoms with van der Waals surface area (Å²) in [7, 11) is 0. The topological polar surface area (TPSA) is 95.4 Å². The number of carbonyl (C=O) groups is 2. The van der Waals surface area contributed by atoms with Gasteiger partial charge in [-0.05, 0) is 62.8 Å². The lowest BCUT2D eigenvalue weighted by Crippen LogP contribution is -2.45. The maximum atomic E-state index is 13.7. The molecule has 2 amide bonds. The third-order valence-corrected chi connectivity index (χ3v) is 7.56. The second kappa shape index (κ2) is 10.4. The van der Waals surface area contributed by atoms with E-state index in [4.69, 9.17) is 11.6 Å². The SMILES string of the molecule is Cc1cccc(C2(O)C(=O)N(C[C@H]3CC[C@H](NC(=O)c4cc(Cl)cnc4C(F)F)CC3)c3ccccc32)n1. The van der Waals surface area contributed by atoms with Crippen molar-refractivity contribution in [3.63, 3.8) is 0 Å². The van der Waals surface area contributed by atoms with Gasteiger partial charge in [-0.15, -0.1) is 0 Å². The van der Waals surface area contributed by atoms with Crippen LogP contribution in [-0.4, -0.2) is 39.5 Å². The molecule has 3 aromatic rings. The summed E-state index contributed by atoms with van der Waals surface area (Å²) in [4.78, 5) is 36.1. The number of nitrogens with one attached hydrogen (secondary N) is 1. The number of halogens is 3. The van der Waals surface area contributed by atoms with Gasteiger partial charge in [0.05, 0.1) is 22.0 Å². The Hall–Kier alpha value is -3.43. The zero-order chi connectivity index (χ0) is 27.0. The van der Waals surface area contributed by atoms with E-state index in [1.165, 1.54) is 6.07 Å². The number of rotatable bonds is 6. The average Bonchev–Trinajstić information content (AvgIpc) is 3.12. The van der Waals surface area contributed by atoms with Crippen LogP contribution in [0.15, 0.2) is 54.7 Å². The summed E-state index contributed by atoms with van der Waals surface area (Å²) in [5.41, 5.74) is -0.515. The number of amides is 2. The molecule has 1 saturated carbocycles. The van der Waals surface area contributed by atoms with E-state index in [1.54, 1.807) is 29.2 Å². The lowest BCUT2D eigenvalue weighted by atomic mass is 9.85. The molecule has 1 unspecified atom stereocenters. The predicted molar refractivity (Wildman–Crippen MR) is 138 cm³/mol. The largest absolute Gasteiger partial charge is 0.370 e. The Kier molecular flexibility index (Phi) is 7.15. The second-order valence-corrected chi connectivity index (χ2v) is 10.3. The summed E-state index contributed by atoms with van der Waals surface area (Å²) in [6.07, 6.45) is 0.891. The molecule has 0 bridgehead atoms. The van der Waals surface area contributed by atoms with Gasteiger partial charge in [-0.1, -0.05) is 35.9 Å². The Morgan fingerprint density at radius 3 is 2.63 bits per heavy atom. The van der Waals surface area contributed by atoms with E-state index in [0.717, 1.165) is 6.20 Å². The number of alkyl halides is 2. The number of aromatic nitrogens is 2. The van der Waals surface area contributed by atoms with Gasteiger partial charge in [-0.25, -0.2) is 8.78 Å². The minimum Gasteiger partial charge on any atom is -0.370 e. The predicted octanol–water partition coefficient (Wildman–Crippen LogP) is 4.95. The first-order valence-corrected chi connectivity index (χ1v) is 12.9. The fourth-order valence-corrected chi connectivity index (χ4v) is 5.58.